The molecule has 5 nitrogen and oxygen atoms in total. The zero-order chi connectivity index (χ0) is 23.6. The smallest absolute Gasteiger partial charge is 0.416 e. The van der Waals surface area contributed by atoms with Gasteiger partial charge in [0, 0.05) is 10.9 Å². The highest BCUT2D eigenvalue weighted by Crippen LogP contribution is 2.38. The maximum Gasteiger partial charge on any atom is 0.416 e. The Morgan fingerprint density at radius 3 is 2.41 bits per heavy atom. The monoisotopic (exact) mass is 490 g/mol. The molecule has 0 aliphatic heterocycles. The minimum absolute atomic E-state index is 0.0293. The van der Waals surface area contributed by atoms with Crippen LogP contribution in [0.2, 0.25) is 5.02 Å². The first-order valence-corrected chi connectivity index (χ1v) is 9.86. The average Bonchev–Trinajstić information content (AvgIpc) is 3.11. The van der Waals surface area contributed by atoms with Gasteiger partial charge in [-0.2, -0.15) is 13.2 Å². The third kappa shape index (κ3) is 5.17. The molecule has 0 saturated heterocycles. The predicted octanol–water partition coefficient (Wildman–Crippen LogP) is 6.48. The molecule has 168 valence electrons. The van der Waals surface area contributed by atoms with Gasteiger partial charge in [-0.25, -0.2) is 13.6 Å². The summed E-state index contributed by atoms with van der Waals surface area (Å²) >= 11 is 6.88. The summed E-state index contributed by atoms with van der Waals surface area (Å²) in [4.78, 5) is 24.6. The predicted molar refractivity (Wildman–Crippen MR) is 110 cm³/mol. The number of halogens is 6. The first-order chi connectivity index (χ1) is 15.0. The number of hydrogen-bond acceptors (Lipinski definition) is 5. The molecule has 2 aromatic carbocycles. The normalized spacial score (nSPS) is 11.2. The first kappa shape index (κ1) is 23.5. The van der Waals surface area contributed by atoms with Crippen LogP contribution in [0.4, 0.5) is 39.0 Å². The number of carbonyl (C=O) groups excluding carboxylic acids is 2. The van der Waals surface area contributed by atoms with Crippen molar-refractivity contribution in [1.82, 2.24) is 0 Å². The molecule has 0 saturated carbocycles. The van der Waals surface area contributed by atoms with Crippen molar-refractivity contribution in [2.45, 2.75) is 6.18 Å². The van der Waals surface area contributed by atoms with Crippen LogP contribution in [0.25, 0.3) is 0 Å². The number of hydrogen-bond donors (Lipinski definition) is 2. The Hall–Kier alpha value is -3.18. The van der Waals surface area contributed by atoms with E-state index in [1.807, 2.05) is 0 Å². The quantitative estimate of drug-likeness (QED) is 0.317. The zero-order valence-electron chi connectivity index (χ0n) is 15.9. The highest BCUT2D eigenvalue weighted by Gasteiger charge is 2.32. The maximum absolute atomic E-state index is 13.7. The van der Waals surface area contributed by atoms with E-state index in [4.69, 9.17) is 11.6 Å². The van der Waals surface area contributed by atoms with Crippen molar-refractivity contribution >= 4 is 51.9 Å². The molecular weight excluding hydrogens is 479 g/mol. The Morgan fingerprint density at radius 1 is 1.03 bits per heavy atom. The molecule has 1 heterocycles. The number of ether oxygens (including phenoxy) is 1. The molecule has 12 heteroatoms. The highest BCUT2D eigenvalue weighted by molar-refractivity contribution is 7.13. The van der Waals surface area contributed by atoms with Crippen LogP contribution in [0.3, 0.4) is 0 Å². The molecule has 1 amide bonds. The summed E-state index contributed by atoms with van der Waals surface area (Å²) in [6.07, 6.45) is -4.86. The summed E-state index contributed by atoms with van der Waals surface area (Å²) in [5.74, 6) is -3.76. The van der Waals surface area contributed by atoms with Crippen molar-refractivity contribution in [3.8, 4) is 0 Å². The Balaban J connectivity index is 1.99. The topological polar surface area (TPSA) is 67.4 Å². The zero-order valence-corrected chi connectivity index (χ0v) is 17.5. The van der Waals surface area contributed by atoms with Gasteiger partial charge in [-0.3, -0.25) is 4.79 Å². The van der Waals surface area contributed by atoms with Crippen LogP contribution in [0.5, 0.6) is 0 Å². The van der Waals surface area contributed by atoms with Gasteiger partial charge in [0.05, 0.1) is 34.8 Å². The van der Waals surface area contributed by atoms with E-state index in [1.165, 1.54) is 11.4 Å². The molecule has 0 aliphatic rings. The van der Waals surface area contributed by atoms with Crippen molar-refractivity contribution in [2.24, 2.45) is 0 Å². The molecule has 3 rings (SSSR count). The third-order valence-electron chi connectivity index (χ3n) is 4.09. The average molecular weight is 491 g/mol. The summed E-state index contributed by atoms with van der Waals surface area (Å²) < 4.78 is 70.8. The first-order valence-electron chi connectivity index (χ1n) is 8.60. The number of anilines is 3. The molecule has 32 heavy (non-hydrogen) atoms. The van der Waals surface area contributed by atoms with Crippen LogP contribution in [-0.2, 0) is 10.9 Å². The Kier molecular flexibility index (Phi) is 6.70. The van der Waals surface area contributed by atoms with Crippen LogP contribution in [0, 0.1) is 11.6 Å². The molecular formula is C20H12ClF5N2O3S. The van der Waals surface area contributed by atoms with E-state index >= 15 is 0 Å². The number of amides is 1. The fraction of sp³-hybridized carbons (Fsp3) is 0.100. The summed E-state index contributed by atoms with van der Waals surface area (Å²) in [5.41, 5.74) is -1.96. The number of esters is 1. The largest absolute Gasteiger partial charge is 0.465 e. The van der Waals surface area contributed by atoms with Gasteiger partial charge < -0.3 is 15.4 Å². The molecule has 2 N–H and O–H groups in total. The van der Waals surface area contributed by atoms with Crippen LogP contribution in [0.1, 0.15) is 25.6 Å². The van der Waals surface area contributed by atoms with E-state index in [-0.39, 0.29) is 33.0 Å². The van der Waals surface area contributed by atoms with Gasteiger partial charge in [0.1, 0.15) is 16.5 Å². The maximum atomic E-state index is 13.7. The second-order valence-electron chi connectivity index (χ2n) is 6.27. The van der Waals surface area contributed by atoms with Gasteiger partial charge in [0.2, 0.25) is 0 Å². The Morgan fingerprint density at radius 2 is 1.75 bits per heavy atom. The number of nitrogens with one attached hydrogen (secondary N) is 2. The molecule has 0 spiro atoms. The molecule has 3 aromatic rings. The molecule has 1 aromatic heterocycles. The van der Waals surface area contributed by atoms with Gasteiger partial charge in [0.25, 0.3) is 5.91 Å². The van der Waals surface area contributed by atoms with Crippen LogP contribution < -0.4 is 10.6 Å². The van der Waals surface area contributed by atoms with Gasteiger partial charge in [-0.05, 0) is 36.4 Å². The van der Waals surface area contributed by atoms with E-state index in [2.05, 4.69) is 15.4 Å². The summed E-state index contributed by atoms with van der Waals surface area (Å²) in [6.45, 7) is 0. The molecule has 0 aliphatic carbocycles. The minimum Gasteiger partial charge on any atom is -0.465 e. The van der Waals surface area contributed by atoms with Crippen molar-refractivity contribution < 1.29 is 36.3 Å². The molecule has 0 fully saturated rings. The van der Waals surface area contributed by atoms with E-state index in [1.54, 1.807) is 0 Å². The van der Waals surface area contributed by atoms with E-state index in [0.717, 1.165) is 30.6 Å². The number of methoxy groups -OCH3 is 1. The van der Waals surface area contributed by atoms with E-state index < -0.39 is 40.8 Å². The van der Waals surface area contributed by atoms with Gasteiger partial charge in [-0.1, -0.05) is 11.6 Å². The Bertz CT molecular complexity index is 1200. The summed E-state index contributed by atoms with van der Waals surface area (Å²) in [6, 6.07) is 4.78. The minimum atomic E-state index is -4.86. The van der Waals surface area contributed by atoms with Gasteiger partial charge in [-0.15, -0.1) is 11.3 Å². The van der Waals surface area contributed by atoms with Crippen molar-refractivity contribution in [2.75, 3.05) is 17.7 Å². The number of rotatable bonds is 5. The van der Waals surface area contributed by atoms with Crippen LogP contribution in [0.15, 0.2) is 41.8 Å². The van der Waals surface area contributed by atoms with Crippen molar-refractivity contribution in [3.05, 3.63) is 74.4 Å². The third-order valence-corrected chi connectivity index (χ3v) is 5.38. The van der Waals surface area contributed by atoms with E-state index in [0.29, 0.717) is 12.1 Å². The molecule has 0 atom stereocenters. The molecule has 0 unspecified atom stereocenters. The lowest BCUT2D eigenvalue weighted by Crippen LogP contribution is -2.15. The van der Waals surface area contributed by atoms with Crippen LogP contribution >= 0.6 is 22.9 Å². The fourth-order valence-corrected chi connectivity index (χ4v) is 3.66. The lowest BCUT2D eigenvalue weighted by Gasteiger charge is -2.13. The number of carbonyl (C=O) groups is 2. The van der Waals surface area contributed by atoms with Gasteiger partial charge in [0.15, 0.2) is 0 Å². The lowest BCUT2D eigenvalue weighted by atomic mass is 10.1. The summed E-state index contributed by atoms with van der Waals surface area (Å²) in [7, 11) is 1.12. The number of thiophene rings is 1. The number of benzene rings is 2. The highest BCUT2D eigenvalue weighted by atomic mass is 35.5. The van der Waals surface area contributed by atoms with Crippen molar-refractivity contribution in [3.63, 3.8) is 0 Å². The standard InChI is InChI=1S/C20H12ClF5N2O3S/c1-31-19(30)17-16(27-14-7-11(22)2-3-13(14)21)15(8-32-17)28-18(29)9-4-10(20(24,25)26)6-12(23)5-9/h2-8,27H,1H3,(H,28,29). The summed E-state index contributed by atoms with van der Waals surface area (Å²) in [5, 5.41) is 6.43. The lowest BCUT2D eigenvalue weighted by molar-refractivity contribution is -0.137. The SMILES string of the molecule is COC(=O)c1scc(NC(=O)c2cc(F)cc(C(F)(F)F)c2)c1Nc1cc(F)ccc1Cl. The second-order valence-corrected chi connectivity index (χ2v) is 7.56. The second kappa shape index (κ2) is 9.13. The molecule has 0 radical (unpaired) electrons. The van der Waals surface area contributed by atoms with Gasteiger partial charge >= 0.3 is 12.1 Å². The molecule has 0 bridgehead atoms. The Labute approximate surface area is 186 Å². The van der Waals surface area contributed by atoms with E-state index in [9.17, 15) is 31.5 Å². The van der Waals surface area contributed by atoms with Crippen molar-refractivity contribution in [1.29, 1.82) is 0 Å². The number of alkyl halides is 3. The fourth-order valence-electron chi connectivity index (χ4n) is 2.62. The van der Waals surface area contributed by atoms with Crippen LogP contribution in [-0.4, -0.2) is 19.0 Å².